The lowest BCUT2D eigenvalue weighted by molar-refractivity contribution is -0.137. The number of benzene rings is 2. The molecule has 0 bridgehead atoms. The third-order valence-electron chi connectivity index (χ3n) is 7.06. The first kappa shape index (κ1) is 30.9. The smallest absolute Gasteiger partial charge is 0.416 e. The molecule has 1 fully saturated rings. The Morgan fingerprint density at radius 1 is 1.19 bits per heavy atom. The number of aromatic nitrogens is 2. The second-order valence-electron chi connectivity index (χ2n) is 10.1. The van der Waals surface area contributed by atoms with Crippen LogP contribution in [-0.2, 0) is 18.0 Å². The van der Waals surface area contributed by atoms with E-state index < -0.39 is 17.6 Å². The maximum Gasteiger partial charge on any atom is 0.416 e. The van der Waals surface area contributed by atoms with Gasteiger partial charge >= 0.3 is 6.18 Å². The summed E-state index contributed by atoms with van der Waals surface area (Å²) >= 11 is 0. The number of hydrogen-bond acceptors (Lipinski definition) is 8. The Labute approximate surface area is 242 Å². The second kappa shape index (κ2) is 13.3. The molecule has 0 unspecified atom stereocenters. The van der Waals surface area contributed by atoms with E-state index in [0.29, 0.717) is 36.6 Å². The monoisotopic (exact) mass is 587 g/mol. The summed E-state index contributed by atoms with van der Waals surface area (Å²) in [5, 5.41) is 8.03. The molecule has 2 aromatic carbocycles. The van der Waals surface area contributed by atoms with Crippen LogP contribution in [0, 0.1) is 13.8 Å². The summed E-state index contributed by atoms with van der Waals surface area (Å²) in [6, 6.07) is 7.99. The summed E-state index contributed by atoms with van der Waals surface area (Å²) in [6.07, 6.45) is -0.839. The number of aryl methyl sites for hydroxylation is 2. The van der Waals surface area contributed by atoms with Gasteiger partial charge in [0.25, 0.3) is 5.91 Å². The number of alkyl halides is 3. The van der Waals surface area contributed by atoms with E-state index >= 15 is 0 Å². The Balaban J connectivity index is 1.48. The molecule has 10 nitrogen and oxygen atoms in total. The van der Waals surface area contributed by atoms with Crippen molar-refractivity contribution in [2.24, 2.45) is 18.6 Å². The standard InChI is InChI=1S/C29H36F3N7O3/c1-19-5-6-21(13-27(19)39(34)18-26(33)25-17-35-37(3)20(25)2)28(40)36-23-14-22(29(30,31)32)15-24(16-23)42-10-4-7-38-8-11-41-12-9-38/h5-6,13-18H,4,7-12,33-34H2,1-3H3,(H,36,40)/b26-18-. The zero-order valence-corrected chi connectivity index (χ0v) is 23.9. The van der Waals surface area contributed by atoms with E-state index in [-0.39, 0.29) is 23.6 Å². The molecule has 13 heteroatoms. The number of hydrazine groups is 1. The van der Waals surface area contributed by atoms with E-state index in [2.05, 4.69) is 15.3 Å². The van der Waals surface area contributed by atoms with Crippen LogP contribution in [0.4, 0.5) is 24.5 Å². The van der Waals surface area contributed by atoms with Crippen molar-refractivity contribution in [2.45, 2.75) is 26.4 Å². The average Bonchev–Trinajstić information content (AvgIpc) is 3.29. The summed E-state index contributed by atoms with van der Waals surface area (Å²) < 4.78 is 53.6. The number of hydrogen-bond donors (Lipinski definition) is 3. The van der Waals surface area contributed by atoms with Crippen LogP contribution in [0.2, 0.25) is 0 Å². The molecule has 3 aromatic rings. The van der Waals surface area contributed by atoms with Gasteiger partial charge < -0.3 is 20.5 Å². The van der Waals surface area contributed by atoms with E-state index in [1.165, 1.54) is 17.3 Å². The number of amides is 1. The number of morpholine rings is 1. The van der Waals surface area contributed by atoms with Crippen molar-refractivity contribution < 1.29 is 27.4 Å². The first-order chi connectivity index (χ1) is 19.9. The van der Waals surface area contributed by atoms with Gasteiger partial charge in [0, 0.05) is 61.5 Å². The van der Waals surface area contributed by atoms with Crippen molar-refractivity contribution in [2.75, 3.05) is 49.8 Å². The molecule has 1 aliphatic rings. The topological polar surface area (TPSA) is 124 Å². The summed E-state index contributed by atoms with van der Waals surface area (Å²) in [5.41, 5.74) is 8.65. The molecule has 2 heterocycles. The average molecular weight is 588 g/mol. The van der Waals surface area contributed by atoms with Gasteiger partial charge in [-0.3, -0.25) is 19.4 Å². The summed E-state index contributed by atoms with van der Waals surface area (Å²) in [6.45, 7) is 7.63. The zero-order chi connectivity index (χ0) is 30.4. The van der Waals surface area contributed by atoms with E-state index in [0.717, 1.165) is 43.0 Å². The SMILES string of the molecule is Cc1ccc(C(=O)Nc2cc(OCCCN3CCOCC3)cc(C(F)(F)F)c2)cc1N(N)/C=C(\N)c1cnn(C)c1C. The van der Waals surface area contributed by atoms with Gasteiger partial charge in [-0.2, -0.15) is 18.3 Å². The number of rotatable bonds is 10. The van der Waals surface area contributed by atoms with E-state index in [1.807, 2.05) is 13.8 Å². The van der Waals surface area contributed by atoms with Gasteiger partial charge in [-0.1, -0.05) is 6.07 Å². The first-order valence-corrected chi connectivity index (χ1v) is 13.5. The molecule has 5 N–H and O–H groups in total. The highest BCUT2D eigenvalue weighted by Gasteiger charge is 2.32. The normalized spacial score (nSPS) is 14.6. The van der Waals surface area contributed by atoms with Crippen LogP contribution in [0.25, 0.3) is 5.70 Å². The van der Waals surface area contributed by atoms with E-state index in [9.17, 15) is 18.0 Å². The van der Waals surface area contributed by atoms with Crippen LogP contribution in [0.1, 0.15) is 39.2 Å². The molecule has 0 atom stereocenters. The quantitative estimate of drug-likeness (QED) is 0.185. The summed E-state index contributed by atoms with van der Waals surface area (Å²) in [4.78, 5) is 15.4. The lowest BCUT2D eigenvalue weighted by Crippen LogP contribution is -2.37. The predicted octanol–water partition coefficient (Wildman–Crippen LogP) is 4.05. The van der Waals surface area contributed by atoms with Crippen LogP contribution in [0.15, 0.2) is 48.8 Å². The minimum Gasteiger partial charge on any atom is -0.493 e. The van der Waals surface area contributed by atoms with Gasteiger partial charge in [0.15, 0.2) is 0 Å². The molecular weight excluding hydrogens is 551 g/mol. The summed E-state index contributed by atoms with van der Waals surface area (Å²) in [7, 11) is 1.80. The lowest BCUT2D eigenvalue weighted by Gasteiger charge is -2.26. The zero-order valence-electron chi connectivity index (χ0n) is 23.9. The highest BCUT2D eigenvalue weighted by molar-refractivity contribution is 6.05. The molecule has 0 spiro atoms. The molecule has 1 aliphatic heterocycles. The molecule has 226 valence electrons. The predicted molar refractivity (Wildman–Crippen MR) is 155 cm³/mol. The molecule has 0 aliphatic carbocycles. The van der Waals surface area contributed by atoms with Crippen LogP contribution in [-0.4, -0.2) is 60.0 Å². The molecule has 1 aromatic heterocycles. The number of halogens is 3. The van der Waals surface area contributed by atoms with Crippen LogP contribution in [0.3, 0.4) is 0 Å². The second-order valence-corrected chi connectivity index (χ2v) is 10.1. The van der Waals surface area contributed by atoms with Crippen molar-refractivity contribution >= 4 is 23.0 Å². The number of carbonyl (C=O) groups excluding carboxylic acids is 1. The third-order valence-corrected chi connectivity index (χ3v) is 7.06. The fraction of sp³-hybridized carbons (Fsp3) is 0.379. The third kappa shape index (κ3) is 7.81. The highest BCUT2D eigenvalue weighted by atomic mass is 19.4. The van der Waals surface area contributed by atoms with Crippen molar-refractivity contribution in [1.29, 1.82) is 0 Å². The molecule has 1 amide bonds. The fourth-order valence-electron chi connectivity index (χ4n) is 4.52. The minimum absolute atomic E-state index is 0.0196. The van der Waals surface area contributed by atoms with Gasteiger partial charge in [0.05, 0.1) is 43.0 Å². The van der Waals surface area contributed by atoms with Gasteiger partial charge in [-0.15, -0.1) is 0 Å². The van der Waals surface area contributed by atoms with Gasteiger partial charge in [-0.25, -0.2) is 5.84 Å². The van der Waals surface area contributed by atoms with E-state index in [1.54, 1.807) is 36.1 Å². The fourth-order valence-corrected chi connectivity index (χ4v) is 4.52. The Bertz CT molecular complexity index is 1430. The number of nitrogens with two attached hydrogens (primary N) is 2. The van der Waals surface area contributed by atoms with Gasteiger partial charge in [-0.05, 0) is 50.1 Å². The lowest BCUT2D eigenvalue weighted by atomic mass is 10.1. The number of anilines is 2. The van der Waals surface area contributed by atoms with Gasteiger partial charge in [0.2, 0.25) is 0 Å². The number of nitrogens with one attached hydrogen (secondary N) is 1. The van der Waals surface area contributed by atoms with E-state index in [4.69, 9.17) is 21.1 Å². The first-order valence-electron chi connectivity index (χ1n) is 13.5. The Hall–Kier alpha value is -4.07. The molecule has 0 radical (unpaired) electrons. The van der Waals surface area contributed by atoms with Crippen LogP contribution in [0.5, 0.6) is 5.75 Å². The van der Waals surface area contributed by atoms with Crippen molar-refractivity contribution in [1.82, 2.24) is 14.7 Å². The van der Waals surface area contributed by atoms with Crippen molar-refractivity contribution in [3.63, 3.8) is 0 Å². The Kier molecular flexibility index (Phi) is 9.76. The minimum atomic E-state index is -4.62. The number of carbonyl (C=O) groups is 1. The number of nitrogens with zero attached hydrogens (tertiary/aromatic N) is 4. The largest absolute Gasteiger partial charge is 0.493 e. The molecule has 4 rings (SSSR count). The maximum atomic E-state index is 13.7. The molecule has 1 saturated heterocycles. The van der Waals surface area contributed by atoms with Crippen molar-refractivity contribution in [3.05, 3.63) is 76.7 Å². The molecule has 0 saturated carbocycles. The maximum absolute atomic E-state index is 13.7. The highest BCUT2D eigenvalue weighted by Crippen LogP contribution is 2.34. The van der Waals surface area contributed by atoms with Crippen molar-refractivity contribution in [3.8, 4) is 5.75 Å². The Morgan fingerprint density at radius 2 is 1.93 bits per heavy atom. The molecular formula is C29H36F3N7O3. The molecule has 42 heavy (non-hydrogen) atoms. The summed E-state index contributed by atoms with van der Waals surface area (Å²) in [5.74, 6) is 5.68. The number of ether oxygens (including phenoxy) is 2. The Morgan fingerprint density at radius 3 is 2.60 bits per heavy atom. The van der Waals surface area contributed by atoms with Crippen LogP contribution >= 0.6 is 0 Å². The van der Waals surface area contributed by atoms with Crippen LogP contribution < -0.4 is 26.6 Å². The van der Waals surface area contributed by atoms with Gasteiger partial charge in [0.1, 0.15) is 5.75 Å².